The third-order valence-electron chi connectivity index (χ3n) is 5.82. The number of nitrogens with one attached hydrogen (secondary N) is 2. The van der Waals surface area contributed by atoms with E-state index in [0.29, 0.717) is 49.9 Å². The Hall–Kier alpha value is -3.14. The molecule has 0 radical (unpaired) electrons. The first-order valence-corrected chi connectivity index (χ1v) is 11.2. The average molecular weight is 502 g/mol. The molecule has 4 rings (SSSR count). The van der Waals surface area contributed by atoms with Gasteiger partial charge in [-0.05, 0) is 20.0 Å². The Balaban J connectivity index is 1.55. The fraction of sp³-hybridized carbons (Fsp3) is 0.304. The van der Waals surface area contributed by atoms with Gasteiger partial charge in [-0.25, -0.2) is 9.97 Å². The molecule has 1 fully saturated rings. The van der Waals surface area contributed by atoms with Gasteiger partial charge in [0.25, 0.3) is 0 Å². The first-order chi connectivity index (χ1) is 16.2. The van der Waals surface area contributed by atoms with Crippen molar-refractivity contribution < 1.29 is 9.47 Å². The summed E-state index contributed by atoms with van der Waals surface area (Å²) in [5.74, 6) is 1.44. The summed E-state index contributed by atoms with van der Waals surface area (Å²) in [5, 5.41) is 12.8. The van der Waals surface area contributed by atoms with Gasteiger partial charge in [-0.15, -0.1) is 0 Å². The fourth-order valence-corrected chi connectivity index (χ4v) is 4.13. The highest BCUT2D eigenvalue weighted by molar-refractivity contribution is 6.35. The van der Waals surface area contributed by atoms with Crippen LogP contribution in [0.2, 0.25) is 10.0 Å². The minimum absolute atomic E-state index is 0.0629. The SMILES string of the molecule is CNC1(C)CN(c2ncc(C(=N)c3cc(OCc4c(Cl)cncc4Cl)c(OC)cc3N)cn2)C1. The molecule has 11 heteroatoms. The molecule has 4 N–H and O–H groups in total. The zero-order valence-corrected chi connectivity index (χ0v) is 20.5. The molecule has 1 aromatic carbocycles. The molecule has 0 amide bonds. The first kappa shape index (κ1) is 24.0. The number of ether oxygens (including phenoxy) is 2. The van der Waals surface area contributed by atoms with Crippen LogP contribution >= 0.6 is 23.2 Å². The van der Waals surface area contributed by atoms with Crippen LogP contribution < -0.4 is 25.4 Å². The number of rotatable bonds is 8. The van der Waals surface area contributed by atoms with Crippen molar-refractivity contribution in [3.63, 3.8) is 0 Å². The van der Waals surface area contributed by atoms with Gasteiger partial charge in [-0.3, -0.25) is 10.4 Å². The third kappa shape index (κ3) is 4.72. The average Bonchev–Trinajstić information content (AvgIpc) is 2.82. The molecule has 34 heavy (non-hydrogen) atoms. The fourth-order valence-electron chi connectivity index (χ4n) is 3.66. The van der Waals surface area contributed by atoms with Crippen molar-refractivity contribution in [2.45, 2.75) is 19.1 Å². The van der Waals surface area contributed by atoms with Crippen LogP contribution in [0.3, 0.4) is 0 Å². The van der Waals surface area contributed by atoms with Crippen molar-refractivity contribution in [2.75, 3.05) is 37.9 Å². The van der Waals surface area contributed by atoms with Crippen LogP contribution in [0.25, 0.3) is 0 Å². The second-order valence-electron chi connectivity index (χ2n) is 8.27. The lowest BCUT2D eigenvalue weighted by molar-refractivity contribution is 0.284. The van der Waals surface area contributed by atoms with Gasteiger partial charge in [0.2, 0.25) is 5.95 Å². The van der Waals surface area contributed by atoms with E-state index in [1.165, 1.54) is 19.5 Å². The van der Waals surface area contributed by atoms with Crippen LogP contribution in [0.15, 0.2) is 36.9 Å². The van der Waals surface area contributed by atoms with Gasteiger partial charge in [-0.1, -0.05) is 23.2 Å². The molecule has 1 saturated heterocycles. The van der Waals surface area contributed by atoms with E-state index >= 15 is 0 Å². The quantitative estimate of drug-likeness (QED) is 0.316. The van der Waals surface area contributed by atoms with Crippen LogP contribution in [0.5, 0.6) is 11.5 Å². The third-order valence-corrected chi connectivity index (χ3v) is 6.47. The lowest BCUT2D eigenvalue weighted by Gasteiger charge is -2.47. The van der Waals surface area contributed by atoms with E-state index in [1.54, 1.807) is 24.5 Å². The number of hydrogen-bond acceptors (Lipinski definition) is 9. The number of halogens is 2. The molecular weight excluding hydrogens is 477 g/mol. The number of benzene rings is 1. The summed E-state index contributed by atoms with van der Waals surface area (Å²) in [4.78, 5) is 14.9. The van der Waals surface area contributed by atoms with E-state index in [1.807, 2.05) is 7.05 Å². The number of pyridine rings is 1. The standard InChI is InChI=1S/C23H25Cl2N7O2/c1-23(28-2)11-32(12-23)22-30-6-13(7-31-22)21(27)14-4-20(19(33-3)5-18(14)26)34-10-15-16(24)8-29-9-17(15)25/h4-9,27-28H,10-12,26H2,1-3H3. The molecule has 0 bridgehead atoms. The van der Waals surface area contributed by atoms with E-state index in [-0.39, 0.29) is 17.9 Å². The summed E-state index contributed by atoms with van der Waals surface area (Å²) >= 11 is 12.4. The van der Waals surface area contributed by atoms with Crippen molar-refractivity contribution in [1.82, 2.24) is 20.3 Å². The Labute approximate surface area is 207 Å². The molecule has 3 aromatic rings. The smallest absolute Gasteiger partial charge is 0.225 e. The largest absolute Gasteiger partial charge is 0.493 e. The molecular formula is C23H25Cl2N7O2. The molecule has 178 valence electrons. The van der Waals surface area contributed by atoms with E-state index < -0.39 is 0 Å². The van der Waals surface area contributed by atoms with E-state index in [0.717, 1.165) is 13.1 Å². The molecule has 9 nitrogen and oxygen atoms in total. The Bertz CT molecular complexity index is 1190. The number of aromatic nitrogens is 3. The molecule has 0 saturated carbocycles. The summed E-state index contributed by atoms with van der Waals surface area (Å²) in [6.45, 7) is 3.87. The Morgan fingerprint density at radius 1 is 1.15 bits per heavy atom. The number of hydrogen-bond donors (Lipinski definition) is 3. The molecule has 0 atom stereocenters. The Morgan fingerprint density at radius 3 is 2.38 bits per heavy atom. The van der Waals surface area contributed by atoms with Gasteiger partial charge in [0.1, 0.15) is 6.61 Å². The highest BCUT2D eigenvalue weighted by Crippen LogP contribution is 2.35. The highest BCUT2D eigenvalue weighted by atomic mass is 35.5. The zero-order chi connectivity index (χ0) is 24.5. The van der Waals surface area contributed by atoms with Crippen molar-refractivity contribution in [1.29, 1.82) is 5.41 Å². The normalized spacial score (nSPS) is 14.4. The van der Waals surface area contributed by atoms with Gasteiger partial charge < -0.3 is 25.4 Å². The molecule has 2 aromatic heterocycles. The number of nitrogens with two attached hydrogens (primary N) is 1. The zero-order valence-electron chi connectivity index (χ0n) is 19.0. The molecule has 1 aliphatic rings. The second-order valence-corrected chi connectivity index (χ2v) is 9.09. The lowest BCUT2D eigenvalue weighted by atomic mass is 9.93. The molecule has 0 spiro atoms. The predicted molar refractivity (Wildman–Crippen MR) is 134 cm³/mol. The monoisotopic (exact) mass is 501 g/mol. The van der Waals surface area contributed by atoms with Gasteiger partial charge in [0, 0.05) is 66.3 Å². The van der Waals surface area contributed by atoms with Crippen LogP contribution in [-0.4, -0.2) is 53.4 Å². The van der Waals surface area contributed by atoms with E-state index in [9.17, 15) is 0 Å². The molecule has 3 heterocycles. The summed E-state index contributed by atoms with van der Waals surface area (Å²) in [5.41, 5.74) is 8.42. The maximum absolute atomic E-state index is 8.70. The van der Waals surface area contributed by atoms with Crippen molar-refractivity contribution in [3.8, 4) is 11.5 Å². The minimum Gasteiger partial charge on any atom is -0.493 e. The van der Waals surface area contributed by atoms with Crippen LogP contribution in [0, 0.1) is 5.41 Å². The second kappa shape index (κ2) is 9.61. The van der Waals surface area contributed by atoms with Crippen molar-refractivity contribution in [2.24, 2.45) is 0 Å². The predicted octanol–water partition coefficient (Wildman–Crippen LogP) is 3.56. The van der Waals surface area contributed by atoms with Crippen LogP contribution in [0.4, 0.5) is 11.6 Å². The number of nitrogen functional groups attached to an aromatic ring is 1. The number of nitrogens with zero attached hydrogens (tertiary/aromatic N) is 4. The van der Waals surface area contributed by atoms with Gasteiger partial charge in [0.15, 0.2) is 11.5 Å². The first-order valence-electron chi connectivity index (χ1n) is 10.5. The van der Waals surface area contributed by atoms with Gasteiger partial charge >= 0.3 is 0 Å². The molecule has 0 unspecified atom stereocenters. The Morgan fingerprint density at radius 2 is 1.79 bits per heavy atom. The maximum atomic E-state index is 8.70. The van der Waals surface area contributed by atoms with E-state index in [4.69, 9.17) is 43.8 Å². The highest BCUT2D eigenvalue weighted by Gasteiger charge is 2.38. The Kier molecular flexibility index (Phi) is 6.79. The minimum atomic E-state index is 0.0629. The number of likely N-dealkylation sites (N-methyl/N-ethyl adjacent to an activating group) is 1. The van der Waals surface area contributed by atoms with Gasteiger partial charge in [0.05, 0.1) is 28.4 Å². The summed E-state index contributed by atoms with van der Waals surface area (Å²) in [6, 6.07) is 3.27. The summed E-state index contributed by atoms with van der Waals surface area (Å²) in [6.07, 6.45) is 6.24. The van der Waals surface area contributed by atoms with Crippen molar-refractivity contribution >= 4 is 40.5 Å². The topological polar surface area (TPSA) is 122 Å². The summed E-state index contributed by atoms with van der Waals surface area (Å²) in [7, 11) is 3.46. The molecule has 0 aliphatic carbocycles. The van der Waals surface area contributed by atoms with Crippen LogP contribution in [0.1, 0.15) is 23.6 Å². The lowest BCUT2D eigenvalue weighted by Crippen LogP contribution is -2.67. The summed E-state index contributed by atoms with van der Waals surface area (Å²) < 4.78 is 11.4. The van der Waals surface area contributed by atoms with E-state index in [2.05, 4.69) is 32.1 Å². The number of anilines is 2. The molecule has 1 aliphatic heterocycles. The maximum Gasteiger partial charge on any atom is 0.225 e. The van der Waals surface area contributed by atoms with Crippen molar-refractivity contribution in [3.05, 3.63) is 63.7 Å². The van der Waals surface area contributed by atoms with Gasteiger partial charge in [-0.2, -0.15) is 0 Å². The number of methoxy groups -OCH3 is 1. The van der Waals surface area contributed by atoms with Crippen LogP contribution in [-0.2, 0) is 6.61 Å².